The smallest absolute Gasteiger partial charge is 0.408 e. The van der Waals surface area contributed by atoms with E-state index < -0.39 is 157 Å². The predicted octanol–water partition coefficient (Wildman–Crippen LogP) is -2.04. The second kappa shape index (κ2) is 30.0. The molecular weight excluding hydrogens is 1030 g/mol. The molecule has 1 aromatic carbocycles. The lowest BCUT2D eigenvalue weighted by molar-refractivity contribution is -0.142. The van der Waals surface area contributed by atoms with Crippen molar-refractivity contribution in [3.63, 3.8) is 0 Å². The Labute approximate surface area is 448 Å². The largest absolute Gasteiger partial charge is 0.508 e. The van der Waals surface area contributed by atoms with Crippen LogP contribution in [0.4, 0.5) is 4.79 Å². The SMILES string of the molecule is CC[C@H](C)[C@@H]1NC(=O)[C@H](Cc2ccc(O)cc2)NC(=O)C(NC(=O)OC(C)(C)C)CSSC[C@@H](C(=O)N2CCC[C@H]2C(=O)N[C@@H](CC(C)C)C(=O)NCC(N)=O)NC(=O)[C@H](CC(N)=O)NC(=O)C(CCC(N)=O)NC1=O. The molecule has 2 aliphatic heterocycles. The van der Waals surface area contributed by atoms with Crippen LogP contribution in [0.1, 0.15) is 99.0 Å². The first-order chi connectivity index (χ1) is 35.6. The van der Waals surface area contributed by atoms with E-state index in [0.29, 0.717) is 18.4 Å². The molecule has 9 atom stereocenters. The quantitative estimate of drug-likeness (QED) is 0.0705. The Bertz CT molecular complexity index is 2280. The Morgan fingerprint density at radius 3 is 1.99 bits per heavy atom. The molecule has 0 radical (unpaired) electrons. The number of benzene rings is 1. The fraction of sp³-hybridized carbons (Fsp3) is 0.625. The number of carbonyl (C=O) groups excluding carboxylic acids is 12. The zero-order valence-corrected chi connectivity index (χ0v) is 45.5. The van der Waals surface area contributed by atoms with Crippen LogP contribution in [-0.2, 0) is 63.9 Å². The third kappa shape index (κ3) is 21.4. The van der Waals surface area contributed by atoms with Gasteiger partial charge in [0.05, 0.1) is 13.0 Å². The van der Waals surface area contributed by atoms with Gasteiger partial charge in [0.1, 0.15) is 59.7 Å². The normalized spacial score (nSPS) is 23.2. The molecule has 0 spiro atoms. The summed E-state index contributed by atoms with van der Waals surface area (Å²) >= 11 is 0. The van der Waals surface area contributed by atoms with Gasteiger partial charge in [-0.15, -0.1) is 0 Å². The van der Waals surface area contributed by atoms with Crippen LogP contribution in [0.3, 0.4) is 0 Å². The molecule has 76 heavy (non-hydrogen) atoms. The Morgan fingerprint density at radius 2 is 1.39 bits per heavy atom. The molecule has 2 fully saturated rings. The minimum atomic E-state index is -1.80. The van der Waals surface area contributed by atoms with E-state index in [1.807, 2.05) is 0 Å². The highest BCUT2D eigenvalue weighted by Crippen LogP contribution is 2.27. The molecule has 2 aliphatic rings. The van der Waals surface area contributed by atoms with Crippen LogP contribution in [-0.4, -0.2) is 160 Å². The zero-order chi connectivity index (χ0) is 57.0. The lowest BCUT2D eigenvalue weighted by Gasteiger charge is -2.31. The van der Waals surface area contributed by atoms with Crippen LogP contribution >= 0.6 is 21.6 Å². The predicted molar refractivity (Wildman–Crippen MR) is 280 cm³/mol. The number of likely N-dealkylation sites (tertiary alicyclic amines) is 1. The highest BCUT2D eigenvalue weighted by atomic mass is 33.1. The van der Waals surface area contributed by atoms with Gasteiger partial charge in [-0.05, 0) is 76.0 Å². The van der Waals surface area contributed by atoms with Gasteiger partial charge in [-0.1, -0.05) is 67.8 Å². The van der Waals surface area contributed by atoms with Crippen molar-refractivity contribution in [1.29, 1.82) is 0 Å². The number of phenolic OH excluding ortho intramolecular Hbond substituents is 1. The molecule has 15 N–H and O–H groups in total. The summed E-state index contributed by atoms with van der Waals surface area (Å²) in [5.74, 6) is -11.3. The van der Waals surface area contributed by atoms with Crippen LogP contribution in [0, 0.1) is 11.8 Å². The first-order valence-electron chi connectivity index (χ1n) is 24.9. The van der Waals surface area contributed by atoms with Crippen molar-refractivity contribution in [2.45, 2.75) is 154 Å². The number of amides is 12. The van der Waals surface area contributed by atoms with E-state index >= 15 is 0 Å². The zero-order valence-electron chi connectivity index (χ0n) is 43.8. The molecular formula is C48H74N12O14S2. The molecule has 3 rings (SSSR count). The maximum atomic E-state index is 14.7. The number of nitrogens with two attached hydrogens (primary N) is 3. The van der Waals surface area contributed by atoms with E-state index in [9.17, 15) is 62.6 Å². The Hall–Kier alpha value is -6.84. The molecule has 0 aromatic heterocycles. The number of hydrogen-bond acceptors (Lipinski definition) is 16. The van der Waals surface area contributed by atoms with Gasteiger partial charge in [0, 0.05) is 30.9 Å². The van der Waals surface area contributed by atoms with E-state index in [1.165, 1.54) is 29.2 Å². The molecule has 2 unspecified atom stereocenters. The van der Waals surface area contributed by atoms with Gasteiger partial charge >= 0.3 is 6.09 Å². The molecule has 0 saturated carbocycles. The van der Waals surface area contributed by atoms with Crippen molar-refractivity contribution < 1.29 is 67.4 Å². The summed E-state index contributed by atoms with van der Waals surface area (Å²) in [7, 11) is 1.89. The molecule has 422 valence electrons. The second-order valence-electron chi connectivity index (χ2n) is 20.0. The van der Waals surface area contributed by atoms with Crippen LogP contribution in [0.25, 0.3) is 0 Å². The standard InChI is InChI=1S/C48H74N12O14S2/c1-8-25(4)38-45(71)53-28(15-16-35(49)62)40(66)55-31(20-36(50)63)41(67)57-33(46(72)60-17-9-10-34(60)44(70)56-29(18-24(2)3)39(65)52-21-37(51)64)23-76-75-22-32(58-47(73)74-48(5,6)7)43(69)54-30(42(68)59-38)19-26-11-13-27(61)14-12-26/h11-14,24-25,28-34,38,61H,8-10,15-23H2,1-7H3,(H2,49,62)(H2,50,63)(H2,51,64)(H,52,65)(H,53,71)(H,54,69)(H,55,66)(H,56,70)(H,57,67)(H,58,73)(H,59,68)/t25-,28?,29-,30-,31-,32?,33-,34-,38-/m0/s1. The topological polar surface area (TPSA) is 412 Å². The molecule has 1 aromatic rings. The summed E-state index contributed by atoms with van der Waals surface area (Å²) in [6, 6.07) is -5.84. The maximum Gasteiger partial charge on any atom is 0.408 e. The Balaban J connectivity index is 2.17. The van der Waals surface area contributed by atoms with Gasteiger partial charge < -0.3 is 74.5 Å². The highest BCUT2D eigenvalue weighted by molar-refractivity contribution is 8.76. The third-order valence-electron chi connectivity index (χ3n) is 11.9. The second-order valence-corrected chi connectivity index (χ2v) is 22.5. The number of hydrogen-bond donors (Lipinski definition) is 12. The molecule has 12 amide bonds. The van der Waals surface area contributed by atoms with Crippen molar-refractivity contribution in [1.82, 2.24) is 47.4 Å². The number of ether oxygens (including phenoxy) is 1. The maximum absolute atomic E-state index is 14.7. The third-order valence-corrected chi connectivity index (χ3v) is 14.4. The van der Waals surface area contributed by atoms with Crippen LogP contribution in [0.15, 0.2) is 24.3 Å². The van der Waals surface area contributed by atoms with Gasteiger partial charge in [0.2, 0.25) is 65.0 Å². The molecule has 2 heterocycles. The number of rotatable bonds is 18. The molecule has 2 saturated heterocycles. The van der Waals surface area contributed by atoms with Gasteiger partial charge in [-0.25, -0.2) is 4.79 Å². The number of primary amides is 3. The molecule has 28 heteroatoms. The van der Waals surface area contributed by atoms with Gasteiger partial charge in [-0.3, -0.25) is 52.7 Å². The number of nitrogens with one attached hydrogen (secondary N) is 8. The van der Waals surface area contributed by atoms with E-state index in [-0.39, 0.29) is 49.0 Å². The van der Waals surface area contributed by atoms with Gasteiger partial charge in [0.15, 0.2) is 0 Å². The lowest BCUT2D eigenvalue weighted by Crippen LogP contribution is -2.62. The summed E-state index contributed by atoms with van der Waals surface area (Å²) < 4.78 is 5.45. The molecule has 0 bridgehead atoms. The van der Waals surface area contributed by atoms with E-state index in [0.717, 1.165) is 21.6 Å². The van der Waals surface area contributed by atoms with E-state index in [1.54, 1.807) is 48.5 Å². The van der Waals surface area contributed by atoms with Gasteiger partial charge in [0.25, 0.3) is 0 Å². The number of alkyl carbamates (subject to hydrolysis) is 1. The monoisotopic (exact) mass is 1110 g/mol. The average Bonchev–Trinajstić information content (AvgIpc) is 3.83. The van der Waals surface area contributed by atoms with E-state index in [2.05, 4.69) is 42.5 Å². The number of aromatic hydroxyl groups is 1. The van der Waals surface area contributed by atoms with Gasteiger partial charge in [-0.2, -0.15) is 0 Å². The van der Waals surface area contributed by atoms with Crippen LogP contribution in [0.5, 0.6) is 5.75 Å². The van der Waals surface area contributed by atoms with Crippen LogP contribution in [0.2, 0.25) is 0 Å². The summed E-state index contributed by atoms with van der Waals surface area (Å²) in [5, 5.41) is 30.4. The minimum Gasteiger partial charge on any atom is -0.508 e. The fourth-order valence-corrected chi connectivity index (χ4v) is 10.2. The van der Waals surface area contributed by atoms with Crippen molar-refractivity contribution in [2.24, 2.45) is 29.0 Å². The molecule has 0 aliphatic carbocycles. The van der Waals surface area contributed by atoms with Crippen molar-refractivity contribution in [3.8, 4) is 5.75 Å². The fourth-order valence-electron chi connectivity index (χ4n) is 7.89. The average molecular weight is 1110 g/mol. The number of carbonyl (C=O) groups is 12. The highest BCUT2D eigenvalue weighted by Gasteiger charge is 2.41. The summed E-state index contributed by atoms with van der Waals surface area (Å²) in [5.41, 5.74) is 15.6. The van der Waals surface area contributed by atoms with Crippen molar-refractivity contribution in [3.05, 3.63) is 29.8 Å². The molecule has 26 nitrogen and oxygen atoms in total. The lowest BCUT2D eigenvalue weighted by atomic mass is 9.96. The minimum absolute atomic E-state index is 0.00505. The summed E-state index contributed by atoms with van der Waals surface area (Å²) in [6.07, 6.45) is -2.04. The summed E-state index contributed by atoms with van der Waals surface area (Å²) in [4.78, 5) is 164. The Morgan fingerprint density at radius 1 is 0.789 bits per heavy atom. The van der Waals surface area contributed by atoms with Crippen molar-refractivity contribution >= 4 is 92.7 Å². The van der Waals surface area contributed by atoms with Crippen LogP contribution < -0.4 is 59.7 Å². The first kappa shape index (κ1) is 63.5. The van der Waals surface area contributed by atoms with Crippen molar-refractivity contribution in [2.75, 3.05) is 24.6 Å². The first-order valence-corrected chi connectivity index (χ1v) is 27.3. The van der Waals surface area contributed by atoms with E-state index in [4.69, 9.17) is 21.9 Å². The summed E-state index contributed by atoms with van der Waals surface area (Å²) in [6.45, 7) is 11.3. The number of nitrogens with zero attached hydrogens (tertiary/aromatic N) is 1. The number of phenols is 1. The Kier molecular flexibility index (Phi) is 25.1.